The Hall–Kier alpha value is -1.30. The summed E-state index contributed by atoms with van der Waals surface area (Å²) in [7, 11) is 0. The maximum Gasteiger partial charge on any atom is 0.407 e. The molecule has 104 valence electrons. The fourth-order valence-electron chi connectivity index (χ4n) is 1.75. The lowest BCUT2D eigenvalue weighted by Gasteiger charge is -2.29. The maximum atomic E-state index is 11.5. The number of amides is 1. The lowest BCUT2D eigenvalue weighted by Crippen LogP contribution is -2.45. The fraction of sp³-hybridized carbons (Fsp3) is 0.833. The van der Waals surface area contributed by atoms with Gasteiger partial charge in [0.25, 0.3) is 0 Å². The van der Waals surface area contributed by atoms with Gasteiger partial charge in [-0.25, -0.2) is 4.79 Å². The van der Waals surface area contributed by atoms with Gasteiger partial charge in [0, 0.05) is 0 Å². The van der Waals surface area contributed by atoms with Gasteiger partial charge < -0.3 is 19.9 Å². The van der Waals surface area contributed by atoms with Crippen LogP contribution < -0.4 is 5.32 Å². The minimum atomic E-state index is -0.862. The van der Waals surface area contributed by atoms with Crippen LogP contribution in [0.5, 0.6) is 0 Å². The highest BCUT2D eigenvalue weighted by atomic mass is 16.6. The van der Waals surface area contributed by atoms with Crippen molar-refractivity contribution in [3.05, 3.63) is 0 Å². The van der Waals surface area contributed by atoms with Crippen molar-refractivity contribution in [2.24, 2.45) is 0 Å². The summed E-state index contributed by atoms with van der Waals surface area (Å²) in [6.07, 6.45) is 0.635. The van der Waals surface area contributed by atoms with E-state index >= 15 is 0 Å². The second-order valence-electron chi connectivity index (χ2n) is 5.47. The summed E-state index contributed by atoms with van der Waals surface area (Å²) < 4.78 is 10.5. The normalized spacial score (nSPS) is 24.4. The number of alkyl carbamates (subject to hydrolysis) is 1. The smallest absolute Gasteiger partial charge is 0.407 e. The molecule has 1 heterocycles. The van der Waals surface area contributed by atoms with Crippen LogP contribution in [-0.4, -0.2) is 41.5 Å². The zero-order chi connectivity index (χ0) is 13.8. The molecule has 0 aliphatic carbocycles. The molecule has 0 unspecified atom stereocenters. The van der Waals surface area contributed by atoms with Crippen molar-refractivity contribution >= 4 is 12.1 Å². The SMILES string of the molecule is CC(C)(C)OC(=O)N[C@@H]1CC[C@@H](CC(=O)O)OC1. The number of carbonyl (C=O) groups excluding carboxylic acids is 1. The van der Waals surface area contributed by atoms with Gasteiger partial charge in [0.15, 0.2) is 0 Å². The largest absolute Gasteiger partial charge is 0.481 e. The molecule has 1 fully saturated rings. The van der Waals surface area contributed by atoms with Crippen molar-refractivity contribution in [3.8, 4) is 0 Å². The Labute approximate surface area is 107 Å². The molecule has 0 aromatic rings. The highest BCUT2D eigenvalue weighted by molar-refractivity contribution is 5.68. The van der Waals surface area contributed by atoms with E-state index in [0.29, 0.717) is 19.4 Å². The average molecular weight is 259 g/mol. The van der Waals surface area contributed by atoms with Gasteiger partial charge >= 0.3 is 12.1 Å². The summed E-state index contributed by atoms with van der Waals surface area (Å²) >= 11 is 0. The third-order valence-electron chi connectivity index (χ3n) is 2.49. The molecule has 0 bridgehead atoms. The molecule has 0 aromatic heterocycles. The second-order valence-corrected chi connectivity index (χ2v) is 5.47. The number of ether oxygens (including phenoxy) is 2. The van der Waals surface area contributed by atoms with Gasteiger partial charge in [-0.3, -0.25) is 4.79 Å². The summed E-state index contributed by atoms with van der Waals surface area (Å²) in [5.41, 5.74) is -0.522. The topological polar surface area (TPSA) is 84.9 Å². The molecule has 6 heteroatoms. The monoisotopic (exact) mass is 259 g/mol. The van der Waals surface area contributed by atoms with Crippen LogP contribution >= 0.6 is 0 Å². The molecule has 1 saturated heterocycles. The van der Waals surface area contributed by atoms with Gasteiger partial charge in [-0.15, -0.1) is 0 Å². The molecule has 18 heavy (non-hydrogen) atoms. The van der Waals surface area contributed by atoms with Crippen LogP contribution in [0, 0.1) is 0 Å². The van der Waals surface area contributed by atoms with Gasteiger partial charge in [0.2, 0.25) is 0 Å². The number of carbonyl (C=O) groups is 2. The first-order chi connectivity index (χ1) is 8.26. The number of carboxylic acids is 1. The van der Waals surface area contributed by atoms with Crippen molar-refractivity contribution in [3.63, 3.8) is 0 Å². The molecular formula is C12H21NO5. The molecule has 0 spiro atoms. The summed E-state index contributed by atoms with van der Waals surface area (Å²) in [5.74, 6) is -0.862. The fourth-order valence-corrected chi connectivity index (χ4v) is 1.75. The Bertz CT molecular complexity index is 302. The van der Waals surface area contributed by atoms with Crippen LogP contribution in [0.15, 0.2) is 0 Å². The average Bonchev–Trinajstić information content (AvgIpc) is 2.17. The molecule has 1 aliphatic heterocycles. The molecular weight excluding hydrogens is 238 g/mol. The van der Waals surface area contributed by atoms with E-state index < -0.39 is 17.7 Å². The molecule has 1 rings (SSSR count). The third-order valence-corrected chi connectivity index (χ3v) is 2.49. The Kier molecular flexibility index (Phi) is 4.95. The Balaban J connectivity index is 2.27. The van der Waals surface area contributed by atoms with E-state index in [2.05, 4.69) is 5.32 Å². The van der Waals surface area contributed by atoms with Crippen molar-refractivity contribution in [2.75, 3.05) is 6.61 Å². The van der Waals surface area contributed by atoms with Gasteiger partial charge in [-0.1, -0.05) is 0 Å². The number of rotatable bonds is 3. The third kappa shape index (κ3) is 5.86. The van der Waals surface area contributed by atoms with E-state index in [1.54, 1.807) is 20.8 Å². The van der Waals surface area contributed by atoms with E-state index in [9.17, 15) is 9.59 Å². The van der Waals surface area contributed by atoms with Crippen LogP contribution in [-0.2, 0) is 14.3 Å². The molecule has 2 N–H and O–H groups in total. The van der Waals surface area contributed by atoms with Gasteiger partial charge in [-0.05, 0) is 33.6 Å². The molecule has 0 radical (unpaired) electrons. The Morgan fingerprint density at radius 2 is 2.06 bits per heavy atom. The zero-order valence-corrected chi connectivity index (χ0v) is 11.1. The van der Waals surface area contributed by atoms with Gasteiger partial charge in [0.05, 0.1) is 25.2 Å². The van der Waals surface area contributed by atoms with Crippen LogP contribution in [0.1, 0.15) is 40.0 Å². The first-order valence-electron chi connectivity index (χ1n) is 6.09. The summed E-state index contributed by atoms with van der Waals surface area (Å²) in [6.45, 7) is 5.73. The Morgan fingerprint density at radius 1 is 1.39 bits per heavy atom. The summed E-state index contributed by atoms with van der Waals surface area (Å²) in [6, 6.07) is -0.107. The molecule has 0 saturated carbocycles. The maximum absolute atomic E-state index is 11.5. The van der Waals surface area contributed by atoms with E-state index in [1.165, 1.54) is 0 Å². The number of hydrogen-bond donors (Lipinski definition) is 2. The lowest BCUT2D eigenvalue weighted by molar-refractivity contribution is -0.141. The number of carboxylic acid groups (broad SMARTS) is 1. The second kappa shape index (κ2) is 6.04. The lowest BCUT2D eigenvalue weighted by atomic mass is 10.0. The molecule has 2 atom stereocenters. The highest BCUT2D eigenvalue weighted by Gasteiger charge is 2.26. The quantitative estimate of drug-likeness (QED) is 0.803. The van der Waals surface area contributed by atoms with Crippen molar-refractivity contribution < 1.29 is 24.2 Å². The van der Waals surface area contributed by atoms with E-state index in [0.717, 1.165) is 0 Å². The zero-order valence-electron chi connectivity index (χ0n) is 11.1. The first kappa shape index (κ1) is 14.8. The predicted octanol–water partition coefficient (Wildman–Crippen LogP) is 1.53. The van der Waals surface area contributed by atoms with Crippen LogP contribution in [0.3, 0.4) is 0 Å². The molecule has 0 aromatic carbocycles. The molecule has 1 amide bonds. The van der Waals surface area contributed by atoms with Crippen LogP contribution in [0.2, 0.25) is 0 Å². The number of hydrogen-bond acceptors (Lipinski definition) is 4. The van der Waals surface area contributed by atoms with E-state index in [1.807, 2.05) is 0 Å². The molecule has 6 nitrogen and oxygen atoms in total. The predicted molar refractivity (Wildman–Crippen MR) is 64.4 cm³/mol. The number of aliphatic carboxylic acids is 1. The van der Waals surface area contributed by atoms with E-state index in [4.69, 9.17) is 14.6 Å². The molecule has 1 aliphatic rings. The first-order valence-corrected chi connectivity index (χ1v) is 6.09. The minimum Gasteiger partial charge on any atom is -0.481 e. The van der Waals surface area contributed by atoms with E-state index in [-0.39, 0.29) is 18.6 Å². The van der Waals surface area contributed by atoms with Crippen LogP contribution in [0.4, 0.5) is 4.79 Å². The minimum absolute atomic E-state index is 0.0131. The van der Waals surface area contributed by atoms with Crippen LogP contribution in [0.25, 0.3) is 0 Å². The van der Waals surface area contributed by atoms with Gasteiger partial charge in [0.1, 0.15) is 5.60 Å². The Morgan fingerprint density at radius 3 is 2.50 bits per heavy atom. The van der Waals surface area contributed by atoms with Crippen molar-refractivity contribution in [1.82, 2.24) is 5.32 Å². The van der Waals surface area contributed by atoms with Crippen molar-refractivity contribution in [1.29, 1.82) is 0 Å². The highest BCUT2D eigenvalue weighted by Crippen LogP contribution is 2.17. The van der Waals surface area contributed by atoms with Gasteiger partial charge in [-0.2, -0.15) is 0 Å². The number of nitrogens with one attached hydrogen (secondary N) is 1. The van der Waals surface area contributed by atoms with Crippen molar-refractivity contribution in [2.45, 2.75) is 57.8 Å². The standard InChI is InChI=1S/C12H21NO5/c1-12(2,3)18-11(16)13-8-4-5-9(17-7-8)6-10(14)15/h8-9H,4-7H2,1-3H3,(H,13,16)(H,14,15)/t8-,9+/m1/s1. The summed E-state index contributed by atoms with van der Waals surface area (Å²) in [4.78, 5) is 22.0. The summed E-state index contributed by atoms with van der Waals surface area (Å²) in [5, 5.41) is 11.4.